The highest BCUT2D eigenvalue weighted by molar-refractivity contribution is 6.61. The molecule has 3 aliphatic heterocycles. The van der Waals surface area contributed by atoms with E-state index in [9.17, 15) is 0 Å². The van der Waals surface area contributed by atoms with Crippen LogP contribution in [0.1, 0.15) is 13.8 Å². The summed E-state index contributed by atoms with van der Waals surface area (Å²) in [6.07, 6.45) is 0.833. The molecule has 3 heterocycles. The van der Waals surface area contributed by atoms with Crippen LogP contribution in [0, 0.1) is 0 Å². The molecule has 6 heteroatoms. The fourth-order valence-electron chi connectivity index (χ4n) is 2.31. The SMILES string of the molecule is CCN(CC)C[Si]12OCCN(CCO1)CCO2. The summed E-state index contributed by atoms with van der Waals surface area (Å²) < 4.78 is 18.0. The van der Waals surface area contributed by atoms with Gasteiger partial charge >= 0.3 is 8.80 Å². The predicted molar refractivity (Wildman–Crippen MR) is 67.8 cm³/mol. The fraction of sp³-hybridized carbons (Fsp3) is 1.00. The molecule has 0 aromatic carbocycles. The van der Waals surface area contributed by atoms with Gasteiger partial charge in [0.05, 0.1) is 26.0 Å². The zero-order chi connectivity index (χ0) is 12.1. The smallest absolute Gasteiger partial charge is 0.371 e. The van der Waals surface area contributed by atoms with Crippen molar-refractivity contribution < 1.29 is 13.3 Å². The van der Waals surface area contributed by atoms with E-state index in [1.54, 1.807) is 0 Å². The van der Waals surface area contributed by atoms with E-state index in [0.29, 0.717) is 0 Å². The van der Waals surface area contributed by atoms with Gasteiger partial charge in [-0.15, -0.1) is 0 Å². The van der Waals surface area contributed by atoms with Crippen LogP contribution in [-0.4, -0.2) is 77.3 Å². The molecule has 0 radical (unpaired) electrons. The highest BCUT2D eigenvalue weighted by Gasteiger charge is 2.45. The van der Waals surface area contributed by atoms with Crippen molar-refractivity contribution in [1.29, 1.82) is 0 Å². The topological polar surface area (TPSA) is 34.2 Å². The second-order valence-corrected chi connectivity index (χ2v) is 7.08. The molecule has 17 heavy (non-hydrogen) atoms. The average Bonchev–Trinajstić information content (AvgIpc) is 2.26. The quantitative estimate of drug-likeness (QED) is 0.674. The maximum atomic E-state index is 5.99. The zero-order valence-corrected chi connectivity index (χ0v) is 12.0. The highest BCUT2D eigenvalue weighted by atomic mass is 28.4. The average molecular weight is 260 g/mol. The first-order chi connectivity index (χ1) is 8.28. The maximum absolute atomic E-state index is 5.99. The van der Waals surface area contributed by atoms with Crippen molar-refractivity contribution in [3.63, 3.8) is 0 Å². The van der Waals surface area contributed by atoms with E-state index in [2.05, 4.69) is 23.6 Å². The molecule has 0 amide bonds. The van der Waals surface area contributed by atoms with E-state index in [1.165, 1.54) is 0 Å². The molecule has 3 saturated heterocycles. The fourth-order valence-corrected chi connectivity index (χ4v) is 5.03. The first-order valence-electron chi connectivity index (χ1n) is 6.64. The van der Waals surface area contributed by atoms with Crippen molar-refractivity contribution in [3.05, 3.63) is 0 Å². The van der Waals surface area contributed by atoms with Gasteiger partial charge in [-0.3, -0.25) is 9.80 Å². The molecule has 0 N–H and O–H groups in total. The van der Waals surface area contributed by atoms with Crippen molar-refractivity contribution >= 4 is 8.80 Å². The minimum Gasteiger partial charge on any atom is -0.371 e. The van der Waals surface area contributed by atoms with Gasteiger partial charge in [-0.05, 0) is 13.1 Å². The van der Waals surface area contributed by atoms with E-state index in [-0.39, 0.29) is 0 Å². The summed E-state index contributed by atoms with van der Waals surface area (Å²) in [6.45, 7) is 11.7. The summed E-state index contributed by atoms with van der Waals surface area (Å²) in [4.78, 5) is 4.68. The number of hydrogen-bond donors (Lipinski definition) is 0. The van der Waals surface area contributed by atoms with Gasteiger partial charge in [-0.1, -0.05) is 13.8 Å². The van der Waals surface area contributed by atoms with E-state index < -0.39 is 8.80 Å². The lowest BCUT2D eigenvalue weighted by atomic mass is 10.4. The lowest BCUT2D eigenvalue weighted by Crippen LogP contribution is -2.60. The van der Waals surface area contributed by atoms with Crippen molar-refractivity contribution in [3.8, 4) is 0 Å². The van der Waals surface area contributed by atoms with Crippen LogP contribution in [0.15, 0.2) is 0 Å². The van der Waals surface area contributed by atoms with Gasteiger partial charge in [-0.25, -0.2) is 0 Å². The van der Waals surface area contributed by atoms with Crippen LogP contribution in [0.25, 0.3) is 0 Å². The van der Waals surface area contributed by atoms with E-state index >= 15 is 0 Å². The maximum Gasteiger partial charge on any atom is 0.515 e. The minimum atomic E-state index is -2.43. The molecule has 2 bridgehead atoms. The Morgan fingerprint density at radius 2 is 1.41 bits per heavy atom. The molecule has 5 nitrogen and oxygen atoms in total. The second-order valence-electron chi connectivity index (χ2n) is 4.53. The van der Waals surface area contributed by atoms with Crippen LogP contribution in [0.3, 0.4) is 0 Å². The molecular formula is C11H24N2O3Si. The Kier molecular flexibility index (Phi) is 4.95. The minimum absolute atomic E-state index is 0.744. The normalized spacial score (nSPS) is 34.4. The van der Waals surface area contributed by atoms with Crippen LogP contribution < -0.4 is 0 Å². The third-order valence-electron chi connectivity index (χ3n) is 3.50. The molecule has 0 aliphatic carbocycles. The highest BCUT2D eigenvalue weighted by Crippen LogP contribution is 2.17. The largest absolute Gasteiger partial charge is 0.515 e. The van der Waals surface area contributed by atoms with Gasteiger partial charge in [0.2, 0.25) is 0 Å². The number of hydrogen-bond acceptors (Lipinski definition) is 5. The molecule has 0 atom stereocenters. The molecule has 100 valence electrons. The van der Waals surface area contributed by atoms with Gasteiger partial charge < -0.3 is 13.3 Å². The third kappa shape index (κ3) is 3.49. The van der Waals surface area contributed by atoms with Gasteiger partial charge in [0.25, 0.3) is 0 Å². The Morgan fingerprint density at radius 3 is 1.82 bits per heavy atom. The number of nitrogens with zero attached hydrogens (tertiary/aromatic N) is 2. The summed E-state index contributed by atoms with van der Waals surface area (Å²) in [5.41, 5.74) is 0. The van der Waals surface area contributed by atoms with Gasteiger partial charge in [0.15, 0.2) is 0 Å². The standard InChI is InChI=1S/C11H24N2O3Si/c1-3-12(4-2)11-17-14-8-5-13(6-9-15-17)7-10-16-17/h3-11H2,1-2H3. The first kappa shape index (κ1) is 13.4. The molecule has 0 aromatic rings. The summed E-state index contributed by atoms with van der Waals surface area (Å²) in [5.74, 6) is 0. The van der Waals surface area contributed by atoms with Crippen molar-refractivity contribution in [1.82, 2.24) is 9.80 Å². The third-order valence-corrected chi connectivity index (χ3v) is 6.27. The first-order valence-corrected chi connectivity index (χ1v) is 8.58. The molecule has 0 saturated carbocycles. The van der Waals surface area contributed by atoms with Crippen molar-refractivity contribution in [2.24, 2.45) is 0 Å². The van der Waals surface area contributed by atoms with Crippen LogP contribution in [0.4, 0.5) is 0 Å². The van der Waals surface area contributed by atoms with Crippen LogP contribution >= 0.6 is 0 Å². The summed E-state index contributed by atoms with van der Waals surface area (Å²) >= 11 is 0. The molecule has 0 aromatic heterocycles. The predicted octanol–water partition coefficient (Wildman–Crippen LogP) is 0.185. The zero-order valence-electron chi connectivity index (χ0n) is 11.0. The molecule has 3 aliphatic rings. The molecule has 3 fully saturated rings. The molecule has 0 unspecified atom stereocenters. The van der Waals surface area contributed by atoms with Gasteiger partial charge in [-0.2, -0.15) is 0 Å². The Morgan fingerprint density at radius 1 is 0.941 bits per heavy atom. The monoisotopic (exact) mass is 260 g/mol. The van der Waals surface area contributed by atoms with Gasteiger partial charge in [0.1, 0.15) is 0 Å². The molecule has 0 spiro atoms. The van der Waals surface area contributed by atoms with E-state index in [4.69, 9.17) is 13.3 Å². The Balaban J connectivity index is 2.02. The lowest BCUT2D eigenvalue weighted by Gasteiger charge is -2.39. The van der Waals surface area contributed by atoms with Crippen LogP contribution in [0.2, 0.25) is 0 Å². The number of fused-ring (bicyclic) bond motifs is 6. The van der Waals surface area contributed by atoms with Crippen LogP contribution in [-0.2, 0) is 13.3 Å². The molecular weight excluding hydrogens is 236 g/mol. The summed E-state index contributed by atoms with van der Waals surface area (Å²) in [7, 11) is -2.43. The van der Waals surface area contributed by atoms with Crippen molar-refractivity contribution in [2.75, 3.05) is 58.7 Å². The summed E-state index contributed by atoms with van der Waals surface area (Å²) in [5, 5.41) is 0. The Bertz CT molecular complexity index is 212. The van der Waals surface area contributed by atoms with E-state index in [1.807, 2.05) is 0 Å². The second kappa shape index (κ2) is 6.26. The lowest BCUT2D eigenvalue weighted by molar-refractivity contribution is -0.0152. The van der Waals surface area contributed by atoms with Crippen molar-refractivity contribution in [2.45, 2.75) is 13.8 Å². The molecule has 3 rings (SSSR count). The summed E-state index contributed by atoms with van der Waals surface area (Å²) in [6, 6.07) is 0. The Labute approximate surface area is 105 Å². The van der Waals surface area contributed by atoms with Crippen LogP contribution in [0.5, 0.6) is 0 Å². The van der Waals surface area contributed by atoms with Gasteiger partial charge in [0, 0.05) is 19.6 Å². The Hall–Kier alpha value is 0.0169. The van der Waals surface area contributed by atoms with E-state index in [0.717, 1.165) is 58.7 Å². The number of rotatable bonds is 4.